The number of hydrogen-bond acceptors (Lipinski definition) is 5. The lowest BCUT2D eigenvalue weighted by molar-refractivity contribution is -0.149. The fraction of sp³-hybridized carbons (Fsp3) is 0.476. The number of nitrogens with zero attached hydrogens (tertiary/aromatic N) is 1. The van der Waals surface area contributed by atoms with Crippen molar-refractivity contribution >= 4 is 34.2 Å². The number of hydrogen-bond donors (Lipinski definition) is 0. The summed E-state index contributed by atoms with van der Waals surface area (Å²) in [5, 5.41) is 4.31. The zero-order chi connectivity index (χ0) is 18.4. The van der Waals surface area contributed by atoms with Gasteiger partial charge >= 0.3 is 5.97 Å². The van der Waals surface area contributed by atoms with Gasteiger partial charge in [0.1, 0.15) is 0 Å². The SMILES string of the molecule is CCOC(=O)[C@@H]1CCCN(CC/C=C(\c2cccs2)c2sccc2C)C1. The molecule has 26 heavy (non-hydrogen) atoms. The monoisotopic (exact) mass is 389 g/mol. The van der Waals surface area contributed by atoms with E-state index in [4.69, 9.17) is 4.74 Å². The van der Waals surface area contributed by atoms with Gasteiger partial charge in [-0.05, 0) is 68.1 Å². The first-order valence-corrected chi connectivity index (χ1v) is 11.1. The molecule has 1 aliphatic rings. The van der Waals surface area contributed by atoms with Crippen molar-refractivity contribution in [1.82, 2.24) is 4.90 Å². The molecule has 0 aromatic carbocycles. The second kappa shape index (κ2) is 9.49. The molecule has 1 atom stereocenters. The Kier molecular flexibility index (Phi) is 7.06. The van der Waals surface area contributed by atoms with Gasteiger partial charge in [0.2, 0.25) is 0 Å². The highest BCUT2D eigenvalue weighted by atomic mass is 32.1. The summed E-state index contributed by atoms with van der Waals surface area (Å²) in [5.41, 5.74) is 2.70. The number of likely N-dealkylation sites (tertiary alicyclic amines) is 1. The van der Waals surface area contributed by atoms with Crippen LogP contribution in [0.5, 0.6) is 0 Å². The van der Waals surface area contributed by atoms with E-state index in [1.807, 2.05) is 18.3 Å². The van der Waals surface area contributed by atoms with E-state index >= 15 is 0 Å². The van der Waals surface area contributed by atoms with Gasteiger partial charge in [0.25, 0.3) is 0 Å². The predicted octanol–water partition coefficient (Wildman–Crippen LogP) is 5.21. The Bertz CT molecular complexity index is 733. The molecular formula is C21H27NO2S2. The maximum atomic E-state index is 12.0. The molecular weight excluding hydrogens is 362 g/mol. The zero-order valence-corrected chi connectivity index (χ0v) is 17.2. The molecule has 2 aromatic rings. The number of aryl methyl sites for hydroxylation is 1. The van der Waals surface area contributed by atoms with Gasteiger partial charge in [-0.15, -0.1) is 22.7 Å². The van der Waals surface area contributed by atoms with Crippen molar-refractivity contribution in [1.29, 1.82) is 0 Å². The molecule has 0 N–H and O–H groups in total. The minimum absolute atomic E-state index is 0.0266. The van der Waals surface area contributed by atoms with E-state index in [2.05, 4.69) is 46.9 Å². The van der Waals surface area contributed by atoms with Crippen LogP contribution in [0.2, 0.25) is 0 Å². The second-order valence-electron chi connectivity index (χ2n) is 6.71. The number of thiophene rings is 2. The van der Waals surface area contributed by atoms with Crippen molar-refractivity contribution in [2.24, 2.45) is 5.92 Å². The van der Waals surface area contributed by atoms with Crippen LogP contribution < -0.4 is 0 Å². The van der Waals surface area contributed by atoms with E-state index < -0.39 is 0 Å². The van der Waals surface area contributed by atoms with E-state index in [0.717, 1.165) is 38.9 Å². The lowest BCUT2D eigenvalue weighted by Gasteiger charge is -2.31. The summed E-state index contributed by atoms with van der Waals surface area (Å²) in [4.78, 5) is 17.1. The largest absolute Gasteiger partial charge is 0.466 e. The molecule has 3 heterocycles. The van der Waals surface area contributed by atoms with Gasteiger partial charge < -0.3 is 9.64 Å². The van der Waals surface area contributed by atoms with Crippen LogP contribution in [0.1, 0.15) is 41.5 Å². The molecule has 1 aliphatic heterocycles. The molecule has 1 fully saturated rings. The summed E-state index contributed by atoms with van der Waals surface area (Å²) in [6.07, 6.45) is 5.41. The third kappa shape index (κ3) is 4.84. The van der Waals surface area contributed by atoms with Crippen LogP contribution in [-0.4, -0.2) is 37.1 Å². The fourth-order valence-electron chi connectivity index (χ4n) is 3.49. The van der Waals surface area contributed by atoms with Crippen LogP contribution >= 0.6 is 22.7 Å². The highest BCUT2D eigenvalue weighted by Gasteiger charge is 2.26. The lowest BCUT2D eigenvalue weighted by Crippen LogP contribution is -2.39. The van der Waals surface area contributed by atoms with Gasteiger partial charge in [-0.2, -0.15) is 0 Å². The molecule has 3 rings (SSSR count). The molecule has 0 bridgehead atoms. The lowest BCUT2D eigenvalue weighted by atomic mass is 9.98. The first-order valence-electron chi connectivity index (χ1n) is 9.36. The molecule has 0 radical (unpaired) electrons. The van der Waals surface area contributed by atoms with Crippen LogP contribution in [0.25, 0.3) is 5.57 Å². The number of carbonyl (C=O) groups is 1. The average Bonchev–Trinajstić information content (AvgIpc) is 3.31. The van der Waals surface area contributed by atoms with Crippen molar-refractivity contribution in [3.8, 4) is 0 Å². The van der Waals surface area contributed by atoms with Crippen molar-refractivity contribution in [3.63, 3.8) is 0 Å². The van der Waals surface area contributed by atoms with Gasteiger partial charge in [-0.3, -0.25) is 4.79 Å². The van der Waals surface area contributed by atoms with Crippen LogP contribution in [-0.2, 0) is 9.53 Å². The maximum absolute atomic E-state index is 12.0. The van der Waals surface area contributed by atoms with Gasteiger partial charge in [0, 0.05) is 28.4 Å². The molecule has 3 nitrogen and oxygen atoms in total. The quantitative estimate of drug-likeness (QED) is 0.609. The number of rotatable bonds is 7. The van der Waals surface area contributed by atoms with E-state index in [1.165, 1.54) is 20.9 Å². The Hall–Kier alpha value is -1.43. The van der Waals surface area contributed by atoms with Crippen LogP contribution in [0.4, 0.5) is 0 Å². The van der Waals surface area contributed by atoms with E-state index in [1.54, 1.807) is 11.3 Å². The number of esters is 1. The highest BCUT2D eigenvalue weighted by Crippen LogP contribution is 2.33. The molecule has 0 aliphatic carbocycles. The van der Waals surface area contributed by atoms with Crippen molar-refractivity contribution in [3.05, 3.63) is 50.4 Å². The zero-order valence-electron chi connectivity index (χ0n) is 15.6. The first kappa shape index (κ1) is 19.3. The molecule has 140 valence electrons. The van der Waals surface area contributed by atoms with Crippen molar-refractivity contribution < 1.29 is 9.53 Å². The van der Waals surface area contributed by atoms with Gasteiger partial charge in [0.15, 0.2) is 0 Å². The number of piperidine rings is 1. The van der Waals surface area contributed by atoms with Crippen LogP contribution in [0.15, 0.2) is 35.0 Å². The summed E-state index contributed by atoms with van der Waals surface area (Å²) >= 11 is 3.61. The summed E-state index contributed by atoms with van der Waals surface area (Å²) < 4.78 is 5.21. The fourth-order valence-corrected chi connectivity index (χ4v) is 5.31. The normalized spacial score (nSPS) is 18.8. The summed E-state index contributed by atoms with van der Waals surface area (Å²) in [6, 6.07) is 6.51. The van der Waals surface area contributed by atoms with Crippen molar-refractivity contribution in [2.45, 2.75) is 33.1 Å². The van der Waals surface area contributed by atoms with Gasteiger partial charge in [-0.1, -0.05) is 12.1 Å². The van der Waals surface area contributed by atoms with Gasteiger partial charge in [0.05, 0.1) is 12.5 Å². The van der Waals surface area contributed by atoms with Crippen molar-refractivity contribution in [2.75, 3.05) is 26.2 Å². The minimum atomic E-state index is -0.0266. The molecule has 1 saturated heterocycles. The summed E-state index contributed by atoms with van der Waals surface area (Å²) in [5.74, 6) is 0.0187. The van der Waals surface area contributed by atoms with Gasteiger partial charge in [-0.25, -0.2) is 0 Å². The number of ether oxygens (including phenoxy) is 1. The molecule has 0 saturated carbocycles. The maximum Gasteiger partial charge on any atom is 0.310 e. The third-order valence-electron chi connectivity index (χ3n) is 4.81. The highest BCUT2D eigenvalue weighted by molar-refractivity contribution is 7.13. The Morgan fingerprint density at radius 1 is 1.35 bits per heavy atom. The van der Waals surface area contributed by atoms with E-state index in [9.17, 15) is 4.79 Å². The topological polar surface area (TPSA) is 29.5 Å². The summed E-state index contributed by atoms with van der Waals surface area (Å²) in [7, 11) is 0. The summed E-state index contributed by atoms with van der Waals surface area (Å²) in [6.45, 7) is 7.44. The minimum Gasteiger partial charge on any atom is -0.466 e. The second-order valence-corrected chi connectivity index (χ2v) is 8.57. The molecule has 0 spiro atoms. The average molecular weight is 390 g/mol. The standard InChI is InChI=1S/C21H27NO2S2/c1-3-24-21(23)17-7-4-11-22(15-17)12-5-8-18(19-9-6-13-25-19)20-16(2)10-14-26-20/h6,8-10,13-14,17H,3-5,7,11-12,15H2,1-2H3/b18-8+/t17-/m1/s1. The Labute approximate surface area is 164 Å². The first-order chi connectivity index (χ1) is 12.7. The molecule has 2 aromatic heterocycles. The predicted molar refractivity (Wildman–Crippen MR) is 111 cm³/mol. The molecule has 0 amide bonds. The molecule has 5 heteroatoms. The van der Waals surface area contributed by atoms with Crippen LogP contribution in [0, 0.1) is 12.8 Å². The van der Waals surface area contributed by atoms with E-state index in [0.29, 0.717) is 6.61 Å². The molecule has 0 unspecified atom stereocenters. The third-order valence-corrected chi connectivity index (χ3v) is 6.77. The van der Waals surface area contributed by atoms with E-state index in [-0.39, 0.29) is 11.9 Å². The Morgan fingerprint density at radius 3 is 2.92 bits per heavy atom. The number of carbonyl (C=O) groups excluding carboxylic acids is 1. The van der Waals surface area contributed by atoms with Crippen LogP contribution in [0.3, 0.4) is 0 Å². The Balaban J connectivity index is 1.64. The smallest absolute Gasteiger partial charge is 0.310 e. The Morgan fingerprint density at radius 2 is 2.23 bits per heavy atom.